The molecule has 11 nitrogen and oxygen atoms in total. The fraction of sp³-hybridized carbons (Fsp3) is 0.360. The summed E-state index contributed by atoms with van der Waals surface area (Å²) in [7, 11) is -4.25. The second-order valence-electron chi connectivity index (χ2n) is 8.87. The predicted molar refractivity (Wildman–Crippen MR) is 139 cm³/mol. The average Bonchev–Trinajstić information content (AvgIpc) is 3.19. The Balaban J connectivity index is 2.20. The van der Waals surface area contributed by atoms with Gasteiger partial charge in [-0.3, -0.25) is 14.9 Å². The van der Waals surface area contributed by atoms with Gasteiger partial charge >= 0.3 is 0 Å². The molecule has 38 heavy (non-hydrogen) atoms. The Bertz CT molecular complexity index is 1460. The lowest BCUT2D eigenvalue weighted by Crippen LogP contribution is -2.32. The Labute approximate surface area is 220 Å². The van der Waals surface area contributed by atoms with Gasteiger partial charge in [0.25, 0.3) is 11.6 Å². The Morgan fingerprint density at radius 1 is 1.16 bits per heavy atom. The standard InChI is InChI=1S/C25H30FN5O6S/c1-6-15(3)27-24(32)23-17(5)25(30(28-23)19-10-8-9-18(26)13-19)37-21-12-11-20(31(33)34)14-22(21)38(35,36)29-16(4)7-2/h8-16,29H,6-7H2,1-5H3,(H,27,32)/t15-,16-/m1/s1. The summed E-state index contributed by atoms with van der Waals surface area (Å²) in [6.45, 7) is 8.72. The number of rotatable bonds is 11. The summed E-state index contributed by atoms with van der Waals surface area (Å²) in [6.07, 6.45) is 1.15. The van der Waals surface area contributed by atoms with Crippen LogP contribution in [0.3, 0.4) is 0 Å². The van der Waals surface area contributed by atoms with Crippen LogP contribution in [0.4, 0.5) is 10.1 Å². The highest BCUT2D eigenvalue weighted by Gasteiger charge is 2.29. The summed E-state index contributed by atoms with van der Waals surface area (Å²) in [5.74, 6) is -1.35. The molecule has 0 bridgehead atoms. The van der Waals surface area contributed by atoms with Crippen LogP contribution in [0, 0.1) is 22.9 Å². The van der Waals surface area contributed by atoms with Crippen LogP contribution < -0.4 is 14.8 Å². The Kier molecular flexibility index (Phi) is 8.84. The molecular weight excluding hydrogens is 517 g/mol. The van der Waals surface area contributed by atoms with Gasteiger partial charge in [0.15, 0.2) is 5.69 Å². The largest absolute Gasteiger partial charge is 0.437 e. The molecule has 0 saturated carbocycles. The van der Waals surface area contributed by atoms with E-state index in [1.165, 1.54) is 28.9 Å². The first-order valence-electron chi connectivity index (χ1n) is 12.0. The lowest BCUT2D eigenvalue weighted by molar-refractivity contribution is -0.385. The molecule has 13 heteroatoms. The summed E-state index contributed by atoms with van der Waals surface area (Å²) in [5, 5.41) is 18.6. The van der Waals surface area contributed by atoms with Gasteiger partial charge in [-0.05, 0) is 57.9 Å². The number of nitrogens with zero attached hydrogens (tertiary/aromatic N) is 3. The van der Waals surface area contributed by atoms with Gasteiger partial charge in [-0.15, -0.1) is 0 Å². The van der Waals surface area contributed by atoms with Crippen LogP contribution in [0.1, 0.15) is 56.6 Å². The summed E-state index contributed by atoms with van der Waals surface area (Å²) >= 11 is 0. The third-order valence-corrected chi connectivity index (χ3v) is 7.54. The summed E-state index contributed by atoms with van der Waals surface area (Å²) < 4.78 is 50.1. The van der Waals surface area contributed by atoms with Crippen molar-refractivity contribution in [3.8, 4) is 17.3 Å². The molecule has 2 atom stereocenters. The van der Waals surface area contributed by atoms with Crippen molar-refractivity contribution in [2.24, 2.45) is 0 Å². The normalized spacial score (nSPS) is 13.1. The van der Waals surface area contributed by atoms with Gasteiger partial charge in [-0.2, -0.15) is 9.78 Å². The predicted octanol–water partition coefficient (Wildman–Crippen LogP) is 4.63. The summed E-state index contributed by atoms with van der Waals surface area (Å²) in [4.78, 5) is 23.2. The van der Waals surface area contributed by atoms with Gasteiger partial charge in [0.1, 0.15) is 16.5 Å². The van der Waals surface area contributed by atoms with Crippen molar-refractivity contribution >= 4 is 21.6 Å². The number of nitrogens with one attached hydrogen (secondary N) is 2. The van der Waals surface area contributed by atoms with E-state index in [4.69, 9.17) is 4.74 Å². The van der Waals surface area contributed by atoms with E-state index in [9.17, 15) is 27.7 Å². The first-order chi connectivity index (χ1) is 17.9. The highest BCUT2D eigenvalue weighted by Crippen LogP contribution is 2.36. The monoisotopic (exact) mass is 547 g/mol. The van der Waals surface area contributed by atoms with Gasteiger partial charge in [0.05, 0.1) is 10.6 Å². The van der Waals surface area contributed by atoms with Crippen LogP contribution in [0.15, 0.2) is 47.4 Å². The van der Waals surface area contributed by atoms with E-state index < -0.39 is 43.3 Å². The van der Waals surface area contributed by atoms with E-state index in [0.717, 1.165) is 18.2 Å². The van der Waals surface area contributed by atoms with Gasteiger partial charge in [-0.25, -0.2) is 17.5 Å². The molecule has 0 spiro atoms. The third-order valence-electron chi connectivity index (χ3n) is 5.93. The van der Waals surface area contributed by atoms with Crippen molar-refractivity contribution < 1.29 is 27.3 Å². The van der Waals surface area contributed by atoms with Gasteiger partial charge in [0, 0.05) is 29.8 Å². The minimum Gasteiger partial charge on any atom is -0.437 e. The molecule has 0 unspecified atom stereocenters. The number of halogens is 1. The highest BCUT2D eigenvalue weighted by atomic mass is 32.2. The van der Waals surface area contributed by atoms with Crippen molar-refractivity contribution in [1.82, 2.24) is 19.8 Å². The van der Waals surface area contributed by atoms with E-state index >= 15 is 0 Å². The van der Waals surface area contributed by atoms with Crippen molar-refractivity contribution in [3.63, 3.8) is 0 Å². The maximum atomic E-state index is 14.1. The second kappa shape index (κ2) is 11.7. The van der Waals surface area contributed by atoms with Crippen LogP contribution in [0.5, 0.6) is 11.6 Å². The maximum absolute atomic E-state index is 14.1. The van der Waals surface area contributed by atoms with Crippen LogP contribution in [0.2, 0.25) is 0 Å². The van der Waals surface area contributed by atoms with E-state index in [1.807, 2.05) is 13.8 Å². The van der Waals surface area contributed by atoms with E-state index in [2.05, 4.69) is 15.1 Å². The Hall–Kier alpha value is -3.84. The zero-order valence-electron chi connectivity index (χ0n) is 21.7. The highest BCUT2D eigenvalue weighted by molar-refractivity contribution is 7.89. The van der Waals surface area contributed by atoms with Crippen LogP contribution >= 0.6 is 0 Å². The molecular formula is C25H30FN5O6S. The molecule has 0 saturated heterocycles. The molecule has 3 aromatic rings. The second-order valence-corrected chi connectivity index (χ2v) is 10.6. The number of carbonyl (C=O) groups is 1. The average molecular weight is 548 g/mol. The minimum absolute atomic E-state index is 0.00592. The molecule has 1 heterocycles. The number of benzene rings is 2. The number of amides is 1. The number of non-ortho nitro benzene ring substituents is 1. The third kappa shape index (κ3) is 6.34. The molecule has 1 amide bonds. The van der Waals surface area contributed by atoms with Crippen LogP contribution in [0.25, 0.3) is 5.69 Å². The molecule has 204 valence electrons. The zero-order chi connectivity index (χ0) is 28.2. The summed E-state index contributed by atoms with van der Waals surface area (Å²) in [5.41, 5.74) is 0.0147. The molecule has 1 aromatic heterocycles. The first-order valence-corrected chi connectivity index (χ1v) is 13.5. The van der Waals surface area contributed by atoms with E-state index in [1.54, 1.807) is 20.8 Å². The molecule has 0 aliphatic carbocycles. The van der Waals surface area contributed by atoms with Crippen LogP contribution in [-0.2, 0) is 10.0 Å². The van der Waals surface area contributed by atoms with Crippen molar-refractivity contribution in [2.45, 2.75) is 64.4 Å². The van der Waals surface area contributed by atoms with Crippen molar-refractivity contribution in [2.75, 3.05) is 0 Å². The molecule has 0 aliphatic heterocycles. The molecule has 0 fully saturated rings. The lowest BCUT2D eigenvalue weighted by Gasteiger charge is -2.16. The Morgan fingerprint density at radius 3 is 2.45 bits per heavy atom. The molecule has 2 N–H and O–H groups in total. The first kappa shape index (κ1) is 28.7. The number of hydrogen-bond donors (Lipinski definition) is 2. The van der Waals surface area contributed by atoms with Gasteiger partial charge in [0.2, 0.25) is 15.9 Å². The minimum atomic E-state index is -4.25. The van der Waals surface area contributed by atoms with E-state index in [-0.39, 0.29) is 34.6 Å². The number of sulfonamides is 1. The van der Waals surface area contributed by atoms with Crippen molar-refractivity contribution in [1.29, 1.82) is 0 Å². The number of ether oxygens (including phenoxy) is 1. The summed E-state index contributed by atoms with van der Waals surface area (Å²) in [6, 6.07) is 7.95. The lowest BCUT2D eigenvalue weighted by atomic mass is 10.2. The Morgan fingerprint density at radius 2 is 1.84 bits per heavy atom. The smallest absolute Gasteiger partial charge is 0.272 e. The van der Waals surface area contributed by atoms with E-state index in [0.29, 0.717) is 12.8 Å². The molecule has 2 aromatic carbocycles. The maximum Gasteiger partial charge on any atom is 0.272 e. The number of aromatic nitrogens is 2. The molecule has 0 radical (unpaired) electrons. The number of nitro benzene ring substituents is 1. The quantitative estimate of drug-likeness (QED) is 0.263. The van der Waals surface area contributed by atoms with Crippen LogP contribution in [-0.4, -0.2) is 41.1 Å². The fourth-order valence-electron chi connectivity index (χ4n) is 3.41. The van der Waals surface area contributed by atoms with Gasteiger partial charge in [-0.1, -0.05) is 19.9 Å². The molecule has 3 rings (SSSR count). The fourth-order valence-corrected chi connectivity index (χ4v) is 4.89. The number of carbonyl (C=O) groups excluding carboxylic acids is 1. The van der Waals surface area contributed by atoms with Crippen molar-refractivity contribution in [3.05, 3.63) is 69.7 Å². The topological polar surface area (TPSA) is 145 Å². The SMILES string of the molecule is CC[C@@H](C)NC(=O)c1nn(-c2cccc(F)c2)c(Oc2ccc([N+](=O)[O-])cc2S(=O)(=O)N[C@H](C)CC)c1C. The number of hydrogen-bond acceptors (Lipinski definition) is 7. The zero-order valence-corrected chi connectivity index (χ0v) is 22.5. The van der Waals surface area contributed by atoms with Gasteiger partial charge < -0.3 is 10.1 Å². The molecule has 0 aliphatic rings. The number of nitro groups is 1.